The molecule has 2 aliphatic heterocycles. The molecule has 14 heavy (non-hydrogen) atoms. The number of rotatable bonds is 2. The summed E-state index contributed by atoms with van der Waals surface area (Å²) >= 11 is 0. The Labute approximate surface area is 87.4 Å². The zero-order chi connectivity index (χ0) is 9.97. The van der Waals surface area contributed by atoms with Crippen molar-refractivity contribution < 1.29 is 0 Å². The predicted octanol–water partition coefficient (Wildman–Crippen LogP) is 0.374. The van der Waals surface area contributed by atoms with Crippen molar-refractivity contribution in [2.45, 2.75) is 31.3 Å². The van der Waals surface area contributed by atoms with E-state index in [-0.39, 0.29) is 0 Å². The number of piperidine rings is 1. The van der Waals surface area contributed by atoms with Crippen LogP contribution in [0.1, 0.15) is 19.3 Å². The SMILES string of the molecule is CN1CCC(N[C@@H]2CCN(C)C2)CC1. The summed E-state index contributed by atoms with van der Waals surface area (Å²) in [6, 6.07) is 1.54. The molecular weight excluding hydrogens is 174 g/mol. The summed E-state index contributed by atoms with van der Waals surface area (Å²) in [6.45, 7) is 5.04. The minimum atomic E-state index is 0.758. The molecule has 3 heteroatoms. The molecule has 0 radical (unpaired) electrons. The van der Waals surface area contributed by atoms with Gasteiger partial charge in [0.25, 0.3) is 0 Å². The molecule has 0 aromatic heterocycles. The lowest BCUT2D eigenvalue weighted by molar-refractivity contribution is 0.224. The lowest BCUT2D eigenvalue weighted by Gasteiger charge is -2.31. The van der Waals surface area contributed by atoms with Gasteiger partial charge in [-0.1, -0.05) is 0 Å². The number of nitrogens with zero attached hydrogens (tertiary/aromatic N) is 2. The van der Waals surface area contributed by atoms with Crippen LogP contribution in [-0.4, -0.2) is 62.2 Å². The van der Waals surface area contributed by atoms with Gasteiger partial charge in [-0.15, -0.1) is 0 Å². The summed E-state index contributed by atoms with van der Waals surface area (Å²) in [5.41, 5.74) is 0. The van der Waals surface area contributed by atoms with Crippen LogP contribution < -0.4 is 5.32 Å². The van der Waals surface area contributed by atoms with Crippen LogP contribution in [0.25, 0.3) is 0 Å². The molecule has 3 nitrogen and oxygen atoms in total. The van der Waals surface area contributed by atoms with E-state index >= 15 is 0 Å². The highest BCUT2D eigenvalue weighted by Gasteiger charge is 2.23. The van der Waals surface area contributed by atoms with Gasteiger partial charge >= 0.3 is 0 Å². The van der Waals surface area contributed by atoms with Gasteiger partial charge in [-0.3, -0.25) is 0 Å². The van der Waals surface area contributed by atoms with E-state index in [1.165, 1.54) is 45.4 Å². The van der Waals surface area contributed by atoms with Crippen molar-refractivity contribution in [3.63, 3.8) is 0 Å². The summed E-state index contributed by atoms with van der Waals surface area (Å²) in [5.74, 6) is 0. The van der Waals surface area contributed by atoms with Crippen LogP contribution in [0, 0.1) is 0 Å². The summed E-state index contributed by atoms with van der Waals surface area (Å²) in [7, 11) is 4.44. The van der Waals surface area contributed by atoms with E-state index < -0.39 is 0 Å². The molecule has 2 aliphatic rings. The Bertz CT molecular complexity index is 175. The molecule has 0 spiro atoms. The lowest BCUT2D eigenvalue weighted by Crippen LogP contribution is -2.45. The van der Waals surface area contributed by atoms with Crippen molar-refractivity contribution in [1.29, 1.82) is 0 Å². The van der Waals surface area contributed by atoms with Gasteiger partial charge in [0.15, 0.2) is 0 Å². The second kappa shape index (κ2) is 4.60. The van der Waals surface area contributed by atoms with E-state index in [4.69, 9.17) is 0 Å². The van der Waals surface area contributed by atoms with Crippen LogP contribution in [0.15, 0.2) is 0 Å². The van der Waals surface area contributed by atoms with Crippen molar-refractivity contribution in [2.75, 3.05) is 40.3 Å². The first kappa shape index (κ1) is 10.4. The molecule has 82 valence electrons. The van der Waals surface area contributed by atoms with Crippen LogP contribution in [-0.2, 0) is 0 Å². The van der Waals surface area contributed by atoms with Crippen molar-refractivity contribution in [3.05, 3.63) is 0 Å². The summed E-state index contributed by atoms with van der Waals surface area (Å²) in [5, 5.41) is 3.80. The molecule has 2 saturated heterocycles. The largest absolute Gasteiger partial charge is 0.310 e. The van der Waals surface area contributed by atoms with Gasteiger partial charge in [0, 0.05) is 18.6 Å². The maximum Gasteiger partial charge on any atom is 0.0209 e. The number of likely N-dealkylation sites (N-methyl/N-ethyl adjacent to an activating group) is 1. The molecule has 0 aliphatic carbocycles. The molecule has 0 unspecified atom stereocenters. The standard InChI is InChI=1S/C11H23N3/c1-13-6-3-10(4-7-13)12-11-5-8-14(2)9-11/h10-12H,3-9H2,1-2H3/t11-/m1/s1. The van der Waals surface area contributed by atoms with Crippen molar-refractivity contribution in [2.24, 2.45) is 0 Å². The van der Waals surface area contributed by atoms with E-state index in [1.807, 2.05) is 0 Å². The fourth-order valence-corrected chi connectivity index (χ4v) is 2.58. The monoisotopic (exact) mass is 197 g/mol. The molecule has 0 amide bonds. The van der Waals surface area contributed by atoms with Gasteiger partial charge in [-0.2, -0.15) is 0 Å². The van der Waals surface area contributed by atoms with E-state index in [0.717, 1.165) is 12.1 Å². The van der Waals surface area contributed by atoms with Crippen molar-refractivity contribution in [1.82, 2.24) is 15.1 Å². The Morgan fingerprint density at radius 2 is 1.43 bits per heavy atom. The topological polar surface area (TPSA) is 18.5 Å². The highest BCUT2D eigenvalue weighted by atomic mass is 15.2. The zero-order valence-electron chi connectivity index (χ0n) is 9.50. The molecule has 0 bridgehead atoms. The van der Waals surface area contributed by atoms with Crippen LogP contribution >= 0.6 is 0 Å². The minimum absolute atomic E-state index is 0.758. The quantitative estimate of drug-likeness (QED) is 0.690. The fourth-order valence-electron chi connectivity index (χ4n) is 2.58. The van der Waals surface area contributed by atoms with E-state index in [2.05, 4.69) is 29.2 Å². The third kappa shape index (κ3) is 2.69. The van der Waals surface area contributed by atoms with Gasteiger partial charge in [0.05, 0.1) is 0 Å². The average molecular weight is 197 g/mol. The number of hydrogen-bond donors (Lipinski definition) is 1. The molecule has 2 heterocycles. The summed E-state index contributed by atoms with van der Waals surface area (Å²) < 4.78 is 0. The van der Waals surface area contributed by atoms with Crippen molar-refractivity contribution >= 4 is 0 Å². The third-order valence-electron chi connectivity index (χ3n) is 3.58. The fraction of sp³-hybridized carbons (Fsp3) is 1.00. The van der Waals surface area contributed by atoms with Gasteiger partial charge in [-0.05, 0) is 53.0 Å². The molecule has 2 fully saturated rings. The Morgan fingerprint density at radius 1 is 0.857 bits per heavy atom. The second-order valence-corrected chi connectivity index (χ2v) is 4.99. The Hall–Kier alpha value is -0.120. The molecular formula is C11H23N3. The number of likely N-dealkylation sites (tertiary alicyclic amines) is 2. The first-order valence-electron chi connectivity index (χ1n) is 5.87. The van der Waals surface area contributed by atoms with Crippen LogP contribution in [0.3, 0.4) is 0 Å². The highest BCUT2D eigenvalue weighted by Crippen LogP contribution is 2.13. The number of hydrogen-bond acceptors (Lipinski definition) is 3. The Kier molecular flexibility index (Phi) is 3.42. The first-order valence-corrected chi connectivity index (χ1v) is 5.87. The van der Waals surface area contributed by atoms with E-state index in [9.17, 15) is 0 Å². The highest BCUT2D eigenvalue weighted by molar-refractivity contribution is 4.84. The van der Waals surface area contributed by atoms with Gasteiger partial charge in [0.2, 0.25) is 0 Å². The maximum absolute atomic E-state index is 3.80. The third-order valence-corrected chi connectivity index (χ3v) is 3.58. The summed E-state index contributed by atoms with van der Waals surface area (Å²) in [4.78, 5) is 4.85. The Balaban J connectivity index is 1.70. The van der Waals surface area contributed by atoms with Crippen LogP contribution in [0.4, 0.5) is 0 Å². The van der Waals surface area contributed by atoms with Gasteiger partial charge in [-0.25, -0.2) is 0 Å². The smallest absolute Gasteiger partial charge is 0.0209 e. The zero-order valence-corrected chi connectivity index (χ0v) is 9.50. The van der Waals surface area contributed by atoms with Crippen LogP contribution in [0.5, 0.6) is 0 Å². The van der Waals surface area contributed by atoms with Gasteiger partial charge < -0.3 is 15.1 Å². The molecule has 0 aromatic carbocycles. The van der Waals surface area contributed by atoms with Crippen LogP contribution in [0.2, 0.25) is 0 Å². The molecule has 0 aromatic rings. The van der Waals surface area contributed by atoms with E-state index in [1.54, 1.807) is 0 Å². The molecule has 2 rings (SSSR count). The van der Waals surface area contributed by atoms with Crippen molar-refractivity contribution in [3.8, 4) is 0 Å². The predicted molar refractivity (Wildman–Crippen MR) is 59.6 cm³/mol. The Morgan fingerprint density at radius 3 is 2.00 bits per heavy atom. The lowest BCUT2D eigenvalue weighted by atomic mass is 10.0. The summed E-state index contributed by atoms with van der Waals surface area (Å²) in [6.07, 6.45) is 4.00. The molecule has 0 saturated carbocycles. The minimum Gasteiger partial charge on any atom is -0.310 e. The van der Waals surface area contributed by atoms with E-state index in [0.29, 0.717) is 0 Å². The molecule has 1 atom stereocenters. The normalized spacial score (nSPS) is 32.6. The second-order valence-electron chi connectivity index (χ2n) is 4.99. The number of nitrogens with one attached hydrogen (secondary N) is 1. The average Bonchev–Trinajstić information content (AvgIpc) is 2.56. The maximum atomic E-state index is 3.80. The first-order chi connectivity index (χ1) is 6.74. The molecule has 1 N–H and O–H groups in total. The van der Waals surface area contributed by atoms with Gasteiger partial charge in [0.1, 0.15) is 0 Å².